The summed E-state index contributed by atoms with van der Waals surface area (Å²) in [5.41, 5.74) is 6.42. The van der Waals surface area contributed by atoms with Gasteiger partial charge in [-0.25, -0.2) is 8.42 Å². The molecule has 0 aliphatic carbocycles. The van der Waals surface area contributed by atoms with E-state index in [0.29, 0.717) is 31.5 Å². The van der Waals surface area contributed by atoms with Gasteiger partial charge in [-0.05, 0) is 47.5 Å². The number of carbonyl (C=O) groups excluding carboxylic acids is 1. The van der Waals surface area contributed by atoms with E-state index >= 15 is 0 Å². The van der Waals surface area contributed by atoms with Crippen molar-refractivity contribution < 1.29 is 31.1 Å². The third-order valence-corrected chi connectivity index (χ3v) is 6.94. The number of benzene rings is 3. The van der Waals surface area contributed by atoms with Gasteiger partial charge >= 0.3 is 6.36 Å². The molecular weight excluding hydrogens is 516 g/mol. The van der Waals surface area contributed by atoms with Gasteiger partial charge in [0, 0.05) is 22.5 Å². The molecule has 0 atom stereocenters. The molecule has 3 aromatic carbocycles. The van der Waals surface area contributed by atoms with Crippen LogP contribution in [-0.2, 0) is 21.2 Å². The summed E-state index contributed by atoms with van der Waals surface area (Å²) in [6.07, 6.45) is -4.87. The van der Waals surface area contributed by atoms with E-state index < -0.39 is 39.5 Å². The van der Waals surface area contributed by atoms with Gasteiger partial charge in [-0.1, -0.05) is 47.5 Å². The quantitative estimate of drug-likeness (QED) is 0.433. The Bertz CT molecular complexity index is 1320. The molecule has 0 bridgehead atoms. The van der Waals surface area contributed by atoms with Crippen molar-refractivity contribution in [3.8, 4) is 5.75 Å². The van der Waals surface area contributed by atoms with Gasteiger partial charge in [-0.2, -0.15) is 0 Å². The smallest absolute Gasteiger partial charge is 0.406 e. The van der Waals surface area contributed by atoms with Gasteiger partial charge in [0.25, 0.3) is 10.0 Å². The largest absolute Gasteiger partial charge is 0.573 e. The first-order valence-electron chi connectivity index (χ1n) is 9.55. The number of hydrogen-bond acceptors (Lipinski definition) is 4. The molecule has 3 aromatic rings. The monoisotopic (exact) mass is 532 g/mol. The Morgan fingerprint density at radius 3 is 2.32 bits per heavy atom. The number of alkyl halides is 3. The molecule has 0 fully saturated rings. The Hall–Kier alpha value is -2.95. The van der Waals surface area contributed by atoms with E-state index in [9.17, 15) is 26.4 Å². The van der Waals surface area contributed by atoms with E-state index in [-0.39, 0.29) is 12.1 Å². The minimum Gasteiger partial charge on any atom is -0.406 e. The van der Waals surface area contributed by atoms with Crippen LogP contribution in [0.2, 0.25) is 10.0 Å². The van der Waals surface area contributed by atoms with Crippen molar-refractivity contribution in [1.29, 1.82) is 0 Å². The van der Waals surface area contributed by atoms with Crippen molar-refractivity contribution in [1.82, 2.24) is 0 Å². The second kappa shape index (κ2) is 10.1. The molecular formula is C22H17Cl2F3N2O4S. The maximum absolute atomic E-state index is 13.5. The van der Waals surface area contributed by atoms with E-state index in [1.807, 2.05) is 0 Å². The summed E-state index contributed by atoms with van der Waals surface area (Å²) in [6.45, 7) is -0.774. The van der Waals surface area contributed by atoms with Crippen molar-refractivity contribution in [3.63, 3.8) is 0 Å². The fourth-order valence-electron chi connectivity index (χ4n) is 3.19. The molecule has 6 nitrogen and oxygen atoms in total. The van der Waals surface area contributed by atoms with Gasteiger partial charge in [0.05, 0.1) is 10.6 Å². The molecule has 1 amide bonds. The summed E-state index contributed by atoms with van der Waals surface area (Å²) < 4.78 is 69.4. The summed E-state index contributed by atoms with van der Waals surface area (Å²) in [5, 5.41) is 0.720. The normalized spacial score (nSPS) is 11.8. The lowest BCUT2D eigenvalue weighted by atomic mass is 10.0. The highest BCUT2D eigenvalue weighted by atomic mass is 35.5. The average Bonchev–Trinajstić information content (AvgIpc) is 2.73. The average molecular weight is 533 g/mol. The summed E-state index contributed by atoms with van der Waals surface area (Å²) in [5.74, 6) is -1.72. The van der Waals surface area contributed by atoms with E-state index in [1.165, 1.54) is 18.2 Å². The van der Waals surface area contributed by atoms with Crippen molar-refractivity contribution >= 4 is 44.8 Å². The maximum atomic E-state index is 13.5. The van der Waals surface area contributed by atoms with Crippen molar-refractivity contribution in [2.75, 3.05) is 10.8 Å². The number of hydrogen-bond donors (Lipinski definition) is 1. The fraction of sp³-hybridized carbons (Fsp3) is 0.136. The molecule has 0 spiro atoms. The second-order valence-electron chi connectivity index (χ2n) is 7.04. The van der Waals surface area contributed by atoms with Crippen LogP contribution in [0.4, 0.5) is 18.9 Å². The number of carbonyl (C=O) groups is 1. The molecule has 3 rings (SSSR count). The second-order valence-corrected chi connectivity index (χ2v) is 9.75. The van der Waals surface area contributed by atoms with Crippen LogP contribution in [0.1, 0.15) is 11.1 Å². The third kappa shape index (κ3) is 6.34. The zero-order valence-corrected chi connectivity index (χ0v) is 19.5. The number of nitrogens with zero attached hydrogens (tertiary/aromatic N) is 1. The van der Waals surface area contributed by atoms with Crippen LogP contribution in [-0.4, -0.2) is 27.2 Å². The predicted octanol–water partition coefficient (Wildman–Crippen LogP) is 5.16. The highest BCUT2D eigenvalue weighted by Gasteiger charge is 2.33. The van der Waals surface area contributed by atoms with Crippen LogP contribution in [0.15, 0.2) is 71.6 Å². The van der Waals surface area contributed by atoms with Gasteiger partial charge in [0.1, 0.15) is 12.3 Å². The minimum atomic E-state index is -5.02. The molecule has 0 radical (unpaired) electrons. The van der Waals surface area contributed by atoms with Gasteiger partial charge in [0.15, 0.2) is 0 Å². The zero-order valence-electron chi connectivity index (χ0n) is 17.2. The van der Waals surface area contributed by atoms with E-state index in [1.54, 1.807) is 24.3 Å². The van der Waals surface area contributed by atoms with Gasteiger partial charge < -0.3 is 10.5 Å². The van der Waals surface area contributed by atoms with Crippen LogP contribution in [0.5, 0.6) is 5.75 Å². The Kier molecular flexibility index (Phi) is 7.64. The molecule has 0 unspecified atom stereocenters. The molecule has 2 N–H and O–H groups in total. The summed E-state index contributed by atoms with van der Waals surface area (Å²) in [7, 11) is -4.56. The molecule has 34 heavy (non-hydrogen) atoms. The Labute approximate surface area is 203 Å². The van der Waals surface area contributed by atoms with Crippen LogP contribution in [0, 0.1) is 0 Å². The highest BCUT2D eigenvalue weighted by Crippen LogP contribution is 2.33. The maximum Gasteiger partial charge on any atom is 0.573 e. The lowest BCUT2D eigenvalue weighted by Gasteiger charge is -2.26. The molecule has 180 valence electrons. The Morgan fingerprint density at radius 1 is 0.971 bits per heavy atom. The van der Waals surface area contributed by atoms with Gasteiger partial charge in [-0.3, -0.25) is 9.10 Å². The number of halogens is 5. The molecule has 0 saturated carbocycles. The van der Waals surface area contributed by atoms with E-state index in [0.717, 1.165) is 18.2 Å². The zero-order chi connectivity index (χ0) is 25.1. The molecule has 12 heteroatoms. The minimum absolute atomic E-state index is 0.0604. The predicted molar refractivity (Wildman–Crippen MR) is 123 cm³/mol. The van der Waals surface area contributed by atoms with E-state index in [4.69, 9.17) is 28.9 Å². The number of primary amides is 1. The first-order chi connectivity index (χ1) is 15.9. The van der Waals surface area contributed by atoms with Crippen LogP contribution >= 0.6 is 23.2 Å². The number of anilines is 1. The number of ether oxygens (including phenoxy) is 1. The van der Waals surface area contributed by atoms with E-state index in [2.05, 4.69) is 4.74 Å². The SMILES string of the molecule is NC(=O)CN(c1ccc(Cl)cc1Cc1ccccc1Cl)S(=O)(=O)c1cccc(OC(F)(F)F)c1. The first-order valence-corrected chi connectivity index (χ1v) is 11.7. The lowest BCUT2D eigenvalue weighted by molar-refractivity contribution is -0.274. The molecule has 0 saturated heterocycles. The summed E-state index contributed by atoms with van der Waals surface area (Å²) in [6, 6.07) is 15.0. The van der Waals surface area contributed by atoms with Crippen LogP contribution in [0.25, 0.3) is 0 Å². The number of sulfonamides is 1. The number of nitrogens with two attached hydrogens (primary N) is 1. The molecule has 0 aliphatic heterocycles. The Morgan fingerprint density at radius 2 is 1.68 bits per heavy atom. The third-order valence-electron chi connectivity index (χ3n) is 4.58. The summed E-state index contributed by atoms with van der Waals surface area (Å²) in [4.78, 5) is 11.3. The number of amides is 1. The van der Waals surface area contributed by atoms with Crippen molar-refractivity contribution in [3.05, 3.63) is 87.9 Å². The standard InChI is InChI=1S/C22H17Cl2F3N2O4S/c23-16-8-9-20(15(11-16)10-14-4-1-2-7-19(14)24)29(13-21(28)30)34(31,32)18-6-3-5-17(12-18)33-22(25,26)27/h1-9,11-12H,10,13H2,(H2,28,30). The number of rotatable bonds is 8. The lowest BCUT2D eigenvalue weighted by Crippen LogP contribution is -2.39. The van der Waals surface area contributed by atoms with Crippen LogP contribution < -0.4 is 14.8 Å². The fourth-order valence-corrected chi connectivity index (χ4v) is 5.09. The van der Waals surface area contributed by atoms with Gasteiger partial charge in [0.2, 0.25) is 5.91 Å². The topological polar surface area (TPSA) is 89.7 Å². The van der Waals surface area contributed by atoms with Crippen molar-refractivity contribution in [2.24, 2.45) is 5.73 Å². The summed E-state index contributed by atoms with van der Waals surface area (Å²) >= 11 is 12.4. The molecule has 0 aliphatic rings. The van der Waals surface area contributed by atoms with Gasteiger partial charge in [-0.15, -0.1) is 13.2 Å². The van der Waals surface area contributed by atoms with Crippen molar-refractivity contribution in [2.45, 2.75) is 17.7 Å². The first kappa shape index (κ1) is 25.7. The molecule has 0 heterocycles. The Balaban J connectivity index is 2.12. The highest BCUT2D eigenvalue weighted by molar-refractivity contribution is 7.92. The molecule has 0 aromatic heterocycles. The van der Waals surface area contributed by atoms with Crippen LogP contribution in [0.3, 0.4) is 0 Å².